The van der Waals surface area contributed by atoms with Crippen LogP contribution in [-0.4, -0.2) is 17.4 Å². The van der Waals surface area contributed by atoms with Gasteiger partial charge in [-0.25, -0.2) is 4.98 Å². The van der Waals surface area contributed by atoms with E-state index in [0.29, 0.717) is 5.13 Å². The molecular weight excluding hydrogens is 270 g/mol. The molecule has 3 N–H and O–H groups in total. The van der Waals surface area contributed by atoms with Gasteiger partial charge in [-0.3, -0.25) is 4.79 Å². The van der Waals surface area contributed by atoms with Gasteiger partial charge in [0.25, 0.3) is 0 Å². The van der Waals surface area contributed by atoms with Crippen molar-refractivity contribution in [1.82, 2.24) is 4.98 Å². The number of benzene rings is 1. The zero-order chi connectivity index (χ0) is 14.5. The molecule has 106 valence electrons. The molecule has 2 rings (SSSR count). The van der Waals surface area contributed by atoms with E-state index in [9.17, 15) is 4.79 Å². The number of amides is 1. The van der Waals surface area contributed by atoms with Crippen LogP contribution in [0.15, 0.2) is 24.3 Å². The second kappa shape index (κ2) is 6.63. The average Bonchev–Trinajstić information content (AvgIpc) is 2.90. The zero-order valence-electron chi connectivity index (χ0n) is 11.8. The van der Waals surface area contributed by atoms with Crippen LogP contribution in [0, 0.1) is 0 Å². The van der Waals surface area contributed by atoms with E-state index in [-0.39, 0.29) is 12.5 Å². The summed E-state index contributed by atoms with van der Waals surface area (Å²) in [5.41, 5.74) is 8.65. The Labute approximate surface area is 123 Å². The quantitative estimate of drug-likeness (QED) is 0.889. The Bertz CT molecular complexity index is 590. The van der Waals surface area contributed by atoms with Gasteiger partial charge in [0.05, 0.1) is 12.2 Å². The van der Waals surface area contributed by atoms with Gasteiger partial charge in [-0.1, -0.05) is 38.1 Å². The molecule has 0 unspecified atom stereocenters. The first-order valence-electron chi connectivity index (χ1n) is 6.76. The smallest absolute Gasteiger partial charge is 0.239 e. The number of aromatic nitrogens is 1. The van der Waals surface area contributed by atoms with E-state index in [1.165, 1.54) is 21.8 Å². The number of hydrogen-bond acceptors (Lipinski definition) is 4. The van der Waals surface area contributed by atoms with Crippen molar-refractivity contribution in [2.45, 2.75) is 26.7 Å². The Balaban J connectivity index is 2.31. The van der Waals surface area contributed by atoms with Gasteiger partial charge in [0, 0.05) is 10.4 Å². The second-order valence-corrected chi connectivity index (χ2v) is 5.53. The number of carbonyl (C=O) groups is 1. The van der Waals surface area contributed by atoms with Gasteiger partial charge < -0.3 is 11.1 Å². The van der Waals surface area contributed by atoms with Crippen LogP contribution in [-0.2, 0) is 17.6 Å². The Morgan fingerprint density at radius 1 is 1.25 bits per heavy atom. The lowest BCUT2D eigenvalue weighted by atomic mass is 10.1. The van der Waals surface area contributed by atoms with E-state index in [4.69, 9.17) is 5.73 Å². The summed E-state index contributed by atoms with van der Waals surface area (Å²) >= 11 is 1.51. The standard InChI is InChI=1S/C15H19N3OS/c1-3-10-5-7-11(8-6-10)14-12(4-2)20-15(18-14)17-13(19)9-16/h5-8H,3-4,9,16H2,1-2H3,(H,17,18,19). The van der Waals surface area contributed by atoms with Crippen LogP contribution in [0.5, 0.6) is 0 Å². The van der Waals surface area contributed by atoms with Crippen molar-refractivity contribution in [3.8, 4) is 11.3 Å². The molecule has 0 saturated carbocycles. The molecule has 0 aliphatic heterocycles. The number of nitrogens with one attached hydrogen (secondary N) is 1. The topological polar surface area (TPSA) is 68.0 Å². The van der Waals surface area contributed by atoms with Crippen LogP contribution in [0.1, 0.15) is 24.3 Å². The molecule has 2 aromatic rings. The van der Waals surface area contributed by atoms with Crippen molar-refractivity contribution in [3.05, 3.63) is 34.7 Å². The van der Waals surface area contributed by atoms with Crippen LogP contribution in [0.25, 0.3) is 11.3 Å². The Hall–Kier alpha value is -1.72. The lowest BCUT2D eigenvalue weighted by Gasteiger charge is -2.02. The van der Waals surface area contributed by atoms with E-state index < -0.39 is 0 Å². The zero-order valence-corrected chi connectivity index (χ0v) is 12.6. The fourth-order valence-electron chi connectivity index (χ4n) is 1.94. The summed E-state index contributed by atoms with van der Waals surface area (Å²) in [5, 5.41) is 3.34. The third-order valence-corrected chi connectivity index (χ3v) is 4.20. The van der Waals surface area contributed by atoms with Crippen molar-refractivity contribution >= 4 is 22.4 Å². The van der Waals surface area contributed by atoms with Crippen molar-refractivity contribution < 1.29 is 4.79 Å². The van der Waals surface area contributed by atoms with Gasteiger partial charge in [-0.15, -0.1) is 11.3 Å². The molecule has 0 atom stereocenters. The minimum atomic E-state index is -0.214. The van der Waals surface area contributed by atoms with Gasteiger partial charge in [0.15, 0.2) is 5.13 Å². The molecule has 0 radical (unpaired) electrons. The SMILES string of the molecule is CCc1ccc(-c2nc(NC(=O)CN)sc2CC)cc1. The van der Waals surface area contributed by atoms with Gasteiger partial charge >= 0.3 is 0 Å². The summed E-state index contributed by atoms with van der Waals surface area (Å²) < 4.78 is 0. The highest BCUT2D eigenvalue weighted by Gasteiger charge is 2.13. The van der Waals surface area contributed by atoms with Gasteiger partial charge in [0.1, 0.15) is 0 Å². The summed E-state index contributed by atoms with van der Waals surface area (Å²) in [6.07, 6.45) is 1.91. The molecule has 1 amide bonds. The number of rotatable bonds is 5. The van der Waals surface area contributed by atoms with Crippen LogP contribution in [0.2, 0.25) is 0 Å². The number of carbonyl (C=O) groups excluding carboxylic acids is 1. The maximum Gasteiger partial charge on any atom is 0.239 e. The van der Waals surface area contributed by atoms with Crippen molar-refractivity contribution in [2.24, 2.45) is 5.73 Å². The largest absolute Gasteiger partial charge is 0.322 e. The molecule has 0 spiro atoms. The average molecular weight is 289 g/mol. The monoisotopic (exact) mass is 289 g/mol. The molecule has 1 heterocycles. The van der Waals surface area contributed by atoms with Crippen LogP contribution in [0.4, 0.5) is 5.13 Å². The van der Waals surface area contributed by atoms with Gasteiger partial charge in [-0.2, -0.15) is 0 Å². The van der Waals surface area contributed by atoms with Crippen molar-refractivity contribution in [2.75, 3.05) is 11.9 Å². The minimum absolute atomic E-state index is 0.0262. The predicted molar refractivity (Wildman–Crippen MR) is 84.0 cm³/mol. The highest BCUT2D eigenvalue weighted by atomic mass is 32.1. The lowest BCUT2D eigenvalue weighted by molar-refractivity contribution is -0.114. The number of hydrogen-bond donors (Lipinski definition) is 2. The molecule has 1 aromatic carbocycles. The number of nitrogens with two attached hydrogens (primary N) is 1. The Morgan fingerprint density at radius 3 is 2.50 bits per heavy atom. The van der Waals surface area contributed by atoms with Gasteiger partial charge in [-0.05, 0) is 18.4 Å². The molecule has 0 saturated heterocycles. The van der Waals surface area contributed by atoms with Crippen molar-refractivity contribution in [3.63, 3.8) is 0 Å². The highest BCUT2D eigenvalue weighted by molar-refractivity contribution is 7.16. The summed E-state index contributed by atoms with van der Waals surface area (Å²) in [5.74, 6) is -0.214. The summed E-state index contributed by atoms with van der Waals surface area (Å²) in [6.45, 7) is 4.20. The van der Waals surface area contributed by atoms with Gasteiger partial charge in [0.2, 0.25) is 5.91 Å². The summed E-state index contributed by atoms with van der Waals surface area (Å²) in [4.78, 5) is 17.0. The molecular formula is C15H19N3OS. The maximum atomic E-state index is 11.3. The van der Waals surface area contributed by atoms with Crippen LogP contribution < -0.4 is 11.1 Å². The first kappa shape index (κ1) is 14.7. The molecule has 0 aliphatic carbocycles. The van der Waals surface area contributed by atoms with E-state index in [2.05, 4.69) is 48.4 Å². The molecule has 4 nitrogen and oxygen atoms in total. The summed E-state index contributed by atoms with van der Waals surface area (Å²) in [6, 6.07) is 8.40. The fourth-order valence-corrected chi connectivity index (χ4v) is 2.88. The predicted octanol–water partition coefficient (Wildman–Crippen LogP) is 2.83. The van der Waals surface area contributed by atoms with E-state index in [0.717, 1.165) is 24.1 Å². The molecule has 20 heavy (non-hydrogen) atoms. The Kier molecular flexibility index (Phi) is 4.87. The molecule has 0 bridgehead atoms. The fraction of sp³-hybridized carbons (Fsp3) is 0.333. The van der Waals surface area contributed by atoms with Crippen LogP contribution in [0.3, 0.4) is 0 Å². The van der Waals surface area contributed by atoms with Crippen LogP contribution >= 0.6 is 11.3 Å². The van der Waals surface area contributed by atoms with E-state index in [1.807, 2.05) is 0 Å². The third kappa shape index (κ3) is 3.23. The number of nitrogens with zero attached hydrogens (tertiary/aromatic N) is 1. The molecule has 1 aromatic heterocycles. The lowest BCUT2D eigenvalue weighted by Crippen LogP contribution is -2.21. The van der Waals surface area contributed by atoms with Crippen molar-refractivity contribution in [1.29, 1.82) is 0 Å². The Morgan fingerprint density at radius 2 is 1.95 bits per heavy atom. The first-order chi connectivity index (χ1) is 9.67. The minimum Gasteiger partial charge on any atom is -0.322 e. The van der Waals surface area contributed by atoms with E-state index in [1.54, 1.807) is 0 Å². The normalized spacial score (nSPS) is 10.6. The highest BCUT2D eigenvalue weighted by Crippen LogP contribution is 2.31. The first-order valence-corrected chi connectivity index (χ1v) is 7.58. The number of thiazole rings is 1. The second-order valence-electron chi connectivity index (χ2n) is 4.45. The number of anilines is 1. The molecule has 0 aliphatic rings. The van der Waals surface area contributed by atoms with E-state index >= 15 is 0 Å². The maximum absolute atomic E-state index is 11.3. The summed E-state index contributed by atoms with van der Waals surface area (Å²) in [7, 11) is 0. The number of aryl methyl sites for hydroxylation is 2. The molecule has 5 heteroatoms. The third-order valence-electron chi connectivity index (χ3n) is 3.09. The molecule has 0 fully saturated rings.